The smallest absolute Gasteiger partial charge is 0.0226 e. The molecule has 4 atom stereocenters. The molecule has 0 amide bonds. The van der Waals surface area contributed by atoms with Crippen molar-refractivity contribution in [3.8, 4) is 0 Å². The number of fused-ring (bicyclic) bond motifs is 2. The molecule has 0 heterocycles. The fourth-order valence-electron chi connectivity index (χ4n) is 3.99. The van der Waals surface area contributed by atoms with E-state index in [0.29, 0.717) is 6.04 Å². The van der Waals surface area contributed by atoms with Crippen molar-refractivity contribution in [2.45, 2.75) is 51.0 Å². The van der Waals surface area contributed by atoms with Crippen LogP contribution in [0.3, 0.4) is 0 Å². The summed E-state index contributed by atoms with van der Waals surface area (Å²) in [5.74, 6) is 3.06. The maximum atomic E-state index is 6.01. The lowest BCUT2D eigenvalue weighted by molar-refractivity contribution is 0.361. The third kappa shape index (κ3) is 1.42. The second-order valence-corrected chi connectivity index (χ2v) is 5.58. The summed E-state index contributed by atoms with van der Waals surface area (Å²) >= 11 is 0. The monoisotopic (exact) mass is 191 g/mol. The lowest BCUT2D eigenvalue weighted by Crippen LogP contribution is -2.24. The molecule has 2 fully saturated rings. The van der Waals surface area contributed by atoms with E-state index in [1.807, 2.05) is 0 Å². The summed E-state index contributed by atoms with van der Waals surface area (Å²) in [6.07, 6.45) is 12.3. The normalized spacial score (nSPS) is 46.8. The van der Waals surface area contributed by atoms with E-state index in [0.717, 1.165) is 17.8 Å². The molecule has 4 unspecified atom stereocenters. The van der Waals surface area contributed by atoms with Crippen LogP contribution < -0.4 is 5.73 Å². The summed E-state index contributed by atoms with van der Waals surface area (Å²) in [6, 6.07) is 0.373. The van der Waals surface area contributed by atoms with Crippen molar-refractivity contribution in [1.82, 2.24) is 0 Å². The predicted octanol–water partition coefficient (Wildman–Crippen LogP) is 2.86. The van der Waals surface area contributed by atoms with Crippen molar-refractivity contribution in [1.29, 1.82) is 0 Å². The van der Waals surface area contributed by atoms with Crippen LogP contribution in [0.25, 0.3) is 0 Å². The van der Waals surface area contributed by atoms with Gasteiger partial charge < -0.3 is 5.73 Å². The molecule has 0 aromatic carbocycles. The molecule has 2 bridgehead atoms. The Labute approximate surface area is 86.8 Å². The Bertz CT molecular complexity index is 256. The Balaban J connectivity index is 1.76. The Kier molecular flexibility index (Phi) is 2.16. The van der Waals surface area contributed by atoms with Crippen LogP contribution in [-0.4, -0.2) is 6.04 Å². The molecule has 2 N–H and O–H groups in total. The largest absolute Gasteiger partial charge is 0.324 e. The SMILES string of the molecule is NC1C=C(C2CC3CCC2C3)CCC1. The van der Waals surface area contributed by atoms with Crippen molar-refractivity contribution >= 4 is 0 Å². The van der Waals surface area contributed by atoms with E-state index in [1.165, 1.54) is 44.9 Å². The minimum Gasteiger partial charge on any atom is -0.324 e. The van der Waals surface area contributed by atoms with Gasteiger partial charge in [0.05, 0.1) is 0 Å². The van der Waals surface area contributed by atoms with Gasteiger partial charge in [0.1, 0.15) is 0 Å². The van der Waals surface area contributed by atoms with E-state index < -0.39 is 0 Å². The molecular weight excluding hydrogens is 170 g/mol. The average Bonchev–Trinajstić information content (AvgIpc) is 2.78. The molecule has 78 valence electrons. The predicted molar refractivity (Wildman–Crippen MR) is 58.8 cm³/mol. The first kappa shape index (κ1) is 8.96. The van der Waals surface area contributed by atoms with Crippen LogP contribution in [-0.2, 0) is 0 Å². The fraction of sp³-hybridized carbons (Fsp3) is 0.846. The van der Waals surface area contributed by atoms with Crippen LogP contribution in [0.15, 0.2) is 11.6 Å². The average molecular weight is 191 g/mol. The van der Waals surface area contributed by atoms with E-state index in [9.17, 15) is 0 Å². The fourth-order valence-corrected chi connectivity index (χ4v) is 3.99. The maximum Gasteiger partial charge on any atom is 0.0226 e. The summed E-state index contributed by atoms with van der Waals surface area (Å²) in [7, 11) is 0. The van der Waals surface area contributed by atoms with Crippen LogP contribution in [0.1, 0.15) is 44.9 Å². The summed E-state index contributed by atoms with van der Waals surface area (Å²) < 4.78 is 0. The molecule has 2 saturated carbocycles. The molecule has 14 heavy (non-hydrogen) atoms. The van der Waals surface area contributed by atoms with Crippen molar-refractivity contribution in [3.05, 3.63) is 11.6 Å². The standard InChI is InChI=1S/C13H21N/c14-12-3-1-2-10(8-12)13-7-9-4-5-11(13)6-9/h8-9,11-13H,1-7,14H2. The van der Waals surface area contributed by atoms with Gasteiger partial charge in [-0.2, -0.15) is 0 Å². The Morgan fingerprint density at radius 1 is 1.14 bits per heavy atom. The van der Waals surface area contributed by atoms with E-state index in [1.54, 1.807) is 5.57 Å². The van der Waals surface area contributed by atoms with Crippen molar-refractivity contribution in [2.24, 2.45) is 23.5 Å². The van der Waals surface area contributed by atoms with Gasteiger partial charge >= 0.3 is 0 Å². The van der Waals surface area contributed by atoms with Crippen molar-refractivity contribution in [3.63, 3.8) is 0 Å². The van der Waals surface area contributed by atoms with Gasteiger partial charge in [-0.15, -0.1) is 0 Å². The number of hydrogen-bond donors (Lipinski definition) is 1. The van der Waals surface area contributed by atoms with Crippen LogP contribution in [0, 0.1) is 17.8 Å². The molecule has 0 saturated heterocycles. The first-order valence-electron chi connectivity index (χ1n) is 6.29. The van der Waals surface area contributed by atoms with Gasteiger partial charge in [-0.3, -0.25) is 0 Å². The highest BCUT2D eigenvalue weighted by Gasteiger charge is 2.41. The van der Waals surface area contributed by atoms with Crippen LogP contribution in [0.4, 0.5) is 0 Å². The van der Waals surface area contributed by atoms with Gasteiger partial charge in [-0.1, -0.05) is 18.1 Å². The van der Waals surface area contributed by atoms with E-state index in [4.69, 9.17) is 5.73 Å². The zero-order chi connectivity index (χ0) is 9.54. The summed E-state index contributed by atoms with van der Waals surface area (Å²) in [5, 5.41) is 0. The topological polar surface area (TPSA) is 26.0 Å². The second-order valence-electron chi connectivity index (χ2n) is 5.58. The van der Waals surface area contributed by atoms with Crippen LogP contribution in [0.5, 0.6) is 0 Å². The van der Waals surface area contributed by atoms with Gasteiger partial charge in [0.2, 0.25) is 0 Å². The zero-order valence-corrected chi connectivity index (χ0v) is 8.91. The van der Waals surface area contributed by atoms with Gasteiger partial charge in [0, 0.05) is 6.04 Å². The second kappa shape index (κ2) is 3.37. The van der Waals surface area contributed by atoms with E-state index >= 15 is 0 Å². The summed E-state index contributed by atoms with van der Waals surface area (Å²) in [5.41, 5.74) is 7.75. The van der Waals surface area contributed by atoms with E-state index in [2.05, 4.69) is 6.08 Å². The summed E-state index contributed by atoms with van der Waals surface area (Å²) in [6.45, 7) is 0. The van der Waals surface area contributed by atoms with Crippen molar-refractivity contribution < 1.29 is 0 Å². The Morgan fingerprint density at radius 2 is 2.07 bits per heavy atom. The van der Waals surface area contributed by atoms with Crippen LogP contribution in [0.2, 0.25) is 0 Å². The highest BCUT2D eigenvalue weighted by molar-refractivity contribution is 5.17. The lowest BCUT2D eigenvalue weighted by atomic mass is 9.78. The molecule has 1 heteroatoms. The third-order valence-electron chi connectivity index (χ3n) is 4.65. The van der Waals surface area contributed by atoms with Gasteiger partial charge in [0.25, 0.3) is 0 Å². The number of rotatable bonds is 1. The molecule has 0 spiro atoms. The molecule has 0 aromatic heterocycles. The first-order chi connectivity index (χ1) is 6.83. The minimum absolute atomic E-state index is 0.373. The third-order valence-corrected chi connectivity index (χ3v) is 4.65. The lowest BCUT2D eigenvalue weighted by Gasteiger charge is -2.28. The zero-order valence-electron chi connectivity index (χ0n) is 8.91. The highest BCUT2D eigenvalue weighted by Crippen LogP contribution is 2.52. The summed E-state index contributed by atoms with van der Waals surface area (Å²) in [4.78, 5) is 0. The Morgan fingerprint density at radius 3 is 2.71 bits per heavy atom. The molecule has 0 radical (unpaired) electrons. The first-order valence-corrected chi connectivity index (χ1v) is 6.29. The number of hydrogen-bond acceptors (Lipinski definition) is 1. The molecular formula is C13H21N. The van der Waals surface area contributed by atoms with Crippen LogP contribution >= 0.6 is 0 Å². The van der Waals surface area contributed by atoms with E-state index in [-0.39, 0.29) is 0 Å². The van der Waals surface area contributed by atoms with Gasteiger partial charge in [0.15, 0.2) is 0 Å². The minimum atomic E-state index is 0.373. The molecule has 1 nitrogen and oxygen atoms in total. The van der Waals surface area contributed by atoms with Crippen molar-refractivity contribution in [2.75, 3.05) is 0 Å². The Hall–Kier alpha value is -0.300. The molecule has 0 aliphatic heterocycles. The van der Waals surface area contributed by atoms with Gasteiger partial charge in [-0.05, 0) is 56.3 Å². The molecule has 3 rings (SSSR count). The molecule has 0 aromatic rings. The maximum absolute atomic E-state index is 6.01. The molecule has 3 aliphatic rings. The highest BCUT2D eigenvalue weighted by atomic mass is 14.6. The quantitative estimate of drug-likeness (QED) is 0.634. The number of nitrogens with two attached hydrogens (primary N) is 1. The molecule has 3 aliphatic carbocycles. The van der Waals surface area contributed by atoms with Gasteiger partial charge in [-0.25, -0.2) is 0 Å². The number of allylic oxidation sites excluding steroid dienone is 1.